The van der Waals surface area contributed by atoms with E-state index in [1.165, 1.54) is 11.1 Å². The molecule has 1 N–H and O–H groups in total. The van der Waals surface area contributed by atoms with Crippen LogP contribution < -0.4 is 4.90 Å². The molecule has 5 rings (SSSR count). The number of aromatic nitrogens is 1. The zero-order valence-electron chi connectivity index (χ0n) is 14.4. The molecule has 1 aliphatic heterocycles. The minimum absolute atomic E-state index is 0.213. The Balaban J connectivity index is 1.49. The number of aromatic carboxylic acids is 1. The first kappa shape index (κ1) is 15.6. The summed E-state index contributed by atoms with van der Waals surface area (Å²) < 4.78 is 5.94. The van der Waals surface area contributed by atoms with Crippen LogP contribution in [0, 0.1) is 0 Å². The molecule has 5 nitrogen and oxygen atoms in total. The predicted molar refractivity (Wildman–Crippen MR) is 103 cm³/mol. The quantitative estimate of drug-likeness (QED) is 0.576. The van der Waals surface area contributed by atoms with E-state index in [9.17, 15) is 9.90 Å². The van der Waals surface area contributed by atoms with Gasteiger partial charge in [-0.1, -0.05) is 30.3 Å². The molecule has 27 heavy (non-hydrogen) atoms. The summed E-state index contributed by atoms with van der Waals surface area (Å²) in [5.74, 6) is -0.543. The van der Waals surface area contributed by atoms with Gasteiger partial charge in [0.25, 0.3) is 0 Å². The minimum Gasteiger partial charge on any atom is -0.478 e. The van der Waals surface area contributed by atoms with Crippen LogP contribution in [0.1, 0.15) is 21.5 Å². The maximum absolute atomic E-state index is 11.2. The first-order chi connectivity index (χ1) is 13.2. The van der Waals surface area contributed by atoms with Crippen LogP contribution in [-0.4, -0.2) is 16.1 Å². The third-order valence-electron chi connectivity index (χ3n) is 4.93. The number of oxazole rings is 1. The van der Waals surface area contributed by atoms with Gasteiger partial charge < -0.3 is 14.4 Å². The zero-order chi connectivity index (χ0) is 18.4. The highest BCUT2D eigenvalue weighted by molar-refractivity contribution is 5.89. The molecule has 0 unspecified atom stereocenters. The average molecular weight is 356 g/mol. The van der Waals surface area contributed by atoms with Crippen LogP contribution in [0.25, 0.3) is 22.6 Å². The average Bonchev–Trinajstić information content (AvgIpc) is 3.31. The lowest BCUT2D eigenvalue weighted by atomic mass is 10.1. The topological polar surface area (TPSA) is 66.6 Å². The SMILES string of the molecule is O=C(O)c1cccc(-c2nc3ccc(N4Cc5ccccc5C4)cc3o2)c1. The third-order valence-corrected chi connectivity index (χ3v) is 4.93. The van der Waals surface area contributed by atoms with Gasteiger partial charge >= 0.3 is 5.97 Å². The number of rotatable bonds is 3. The van der Waals surface area contributed by atoms with E-state index in [4.69, 9.17) is 4.42 Å². The molecular formula is C22H16N2O3. The molecule has 0 amide bonds. The predicted octanol–water partition coefficient (Wildman–Crippen LogP) is 4.71. The van der Waals surface area contributed by atoms with Crippen LogP contribution in [-0.2, 0) is 13.1 Å². The minimum atomic E-state index is -0.969. The van der Waals surface area contributed by atoms with Crippen molar-refractivity contribution in [2.45, 2.75) is 13.1 Å². The Morgan fingerprint density at radius 3 is 2.48 bits per heavy atom. The maximum Gasteiger partial charge on any atom is 0.335 e. The number of anilines is 1. The molecule has 132 valence electrons. The van der Waals surface area contributed by atoms with Crippen molar-refractivity contribution in [2.24, 2.45) is 0 Å². The first-order valence-electron chi connectivity index (χ1n) is 8.73. The van der Waals surface area contributed by atoms with E-state index in [0.29, 0.717) is 17.0 Å². The molecule has 5 heteroatoms. The largest absolute Gasteiger partial charge is 0.478 e. The highest BCUT2D eigenvalue weighted by Gasteiger charge is 2.19. The number of benzene rings is 3. The van der Waals surface area contributed by atoms with Crippen molar-refractivity contribution < 1.29 is 14.3 Å². The van der Waals surface area contributed by atoms with Crippen LogP contribution in [0.3, 0.4) is 0 Å². The van der Waals surface area contributed by atoms with Crippen molar-refractivity contribution in [3.05, 3.63) is 83.4 Å². The van der Waals surface area contributed by atoms with E-state index < -0.39 is 5.97 Å². The molecule has 0 aliphatic carbocycles. The lowest BCUT2D eigenvalue weighted by molar-refractivity contribution is 0.0697. The highest BCUT2D eigenvalue weighted by atomic mass is 16.4. The Hall–Kier alpha value is -3.60. The van der Waals surface area contributed by atoms with Gasteiger partial charge in [-0.25, -0.2) is 9.78 Å². The fourth-order valence-corrected chi connectivity index (χ4v) is 3.53. The number of carbonyl (C=O) groups is 1. The maximum atomic E-state index is 11.2. The van der Waals surface area contributed by atoms with E-state index in [1.54, 1.807) is 24.3 Å². The summed E-state index contributed by atoms with van der Waals surface area (Å²) in [6.45, 7) is 1.76. The fraction of sp³-hybridized carbons (Fsp3) is 0.0909. The summed E-state index contributed by atoms with van der Waals surface area (Å²) in [4.78, 5) is 18.0. The second kappa shape index (κ2) is 5.99. The second-order valence-corrected chi connectivity index (χ2v) is 6.68. The molecule has 0 atom stereocenters. The van der Waals surface area contributed by atoms with E-state index in [-0.39, 0.29) is 5.56 Å². The van der Waals surface area contributed by atoms with E-state index >= 15 is 0 Å². The number of carboxylic acid groups (broad SMARTS) is 1. The van der Waals surface area contributed by atoms with E-state index in [0.717, 1.165) is 24.3 Å². The fourth-order valence-electron chi connectivity index (χ4n) is 3.53. The van der Waals surface area contributed by atoms with Gasteiger partial charge in [0.1, 0.15) is 5.52 Å². The van der Waals surface area contributed by atoms with Crippen LogP contribution in [0.2, 0.25) is 0 Å². The second-order valence-electron chi connectivity index (χ2n) is 6.68. The van der Waals surface area contributed by atoms with Gasteiger partial charge in [-0.2, -0.15) is 0 Å². The van der Waals surface area contributed by atoms with Gasteiger partial charge in [-0.05, 0) is 41.5 Å². The van der Waals surface area contributed by atoms with Crippen molar-refractivity contribution >= 4 is 22.8 Å². The Morgan fingerprint density at radius 1 is 0.963 bits per heavy atom. The monoisotopic (exact) mass is 356 g/mol. The number of fused-ring (bicyclic) bond motifs is 2. The molecule has 0 bridgehead atoms. The summed E-state index contributed by atoms with van der Waals surface area (Å²) in [5.41, 5.74) is 6.10. The molecule has 0 saturated heterocycles. The Kier molecular flexibility index (Phi) is 3.47. The molecule has 1 aromatic heterocycles. The third kappa shape index (κ3) is 2.73. The molecule has 2 heterocycles. The van der Waals surface area contributed by atoms with Gasteiger partial charge in [0.15, 0.2) is 5.58 Å². The van der Waals surface area contributed by atoms with Crippen LogP contribution in [0.4, 0.5) is 5.69 Å². The summed E-state index contributed by atoms with van der Waals surface area (Å²) in [6, 6.07) is 21.1. The summed E-state index contributed by atoms with van der Waals surface area (Å²) in [7, 11) is 0. The van der Waals surface area contributed by atoms with Crippen molar-refractivity contribution in [2.75, 3.05) is 4.90 Å². The molecule has 0 fully saturated rings. The summed E-state index contributed by atoms with van der Waals surface area (Å²) >= 11 is 0. The van der Waals surface area contributed by atoms with Crippen LogP contribution in [0.5, 0.6) is 0 Å². The smallest absolute Gasteiger partial charge is 0.335 e. The lowest BCUT2D eigenvalue weighted by Gasteiger charge is -2.17. The van der Waals surface area contributed by atoms with Crippen LogP contribution in [0.15, 0.2) is 71.1 Å². The zero-order valence-corrected chi connectivity index (χ0v) is 14.4. The van der Waals surface area contributed by atoms with Gasteiger partial charge in [0.05, 0.1) is 5.56 Å². The van der Waals surface area contributed by atoms with Gasteiger partial charge in [0.2, 0.25) is 5.89 Å². The van der Waals surface area contributed by atoms with E-state index in [1.807, 2.05) is 18.2 Å². The van der Waals surface area contributed by atoms with Gasteiger partial charge in [-0.15, -0.1) is 0 Å². The van der Waals surface area contributed by atoms with Crippen LogP contribution >= 0.6 is 0 Å². The van der Waals surface area contributed by atoms with Gasteiger partial charge in [0, 0.05) is 30.4 Å². The summed E-state index contributed by atoms with van der Waals surface area (Å²) in [6.07, 6.45) is 0. The standard InChI is InChI=1S/C22H16N2O3/c25-22(26)15-7-3-6-14(10-15)21-23-19-9-8-18(11-20(19)27-21)24-12-16-4-1-2-5-17(16)13-24/h1-11H,12-13H2,(H,25,26). The lowest BCUT2D eigenvalue weighted by Crippen LogP contribution is -2.14. The van der Waals surface area contributed by atoms with E-state index in [2.05, 4.69) is 34.1 Å². The Bertz CT molecular complexity index is 1150. The molecule has 0 spiro atoms. The summed E-state index contributed by atoms with van der Waals surface area (Å²) in [5, 5.41) is 9.17. The Morgan fingerprint density at radius 2 is 1.74 bits per heavy atom. The Labute approximate surface area is 155 Å². The number of hydrogen-bond donors (Lipinski definition) is 1. The normalized spacial score (nSPS) is 13.1. The van der Waals surface area contributed by atoms with Crippen molar-refractivity contribution in [3.8, 4) is 11.5 Å². The molecule has 3 aromatic carbocycles. The van der Waals surface area contributed by atoms with Crippen molar-refractivity contribution in [3.63, 3.8) is 0 Å². The van der Waals surface area contributed by atoms with Gasteiger partial charge in [-0.3, -0.25) is 0 Å². The number of hydrogen-bond acceptors (Lipinski definition) is 4. The van der Waals surface area contributed by atoms with Crippen molar-refractivity contribution in [1.29, 1.82) is 0 Å². The molecule has 4 aromatic rings. The first-order valence-corrected chi connectivity index (χ1v) is 8.73. The van der Waals surface area contributed by atoms with Crippen molar-refractivity contribution in [1.82, 2.24) is 4.98 Å². The molecule has 0 saturated carbocycles. The molecule has 1 aliphatic rings. The number of nitrogens with zero attached hydrogens (tertiary/aromatic N) is 2. The molecule has 0 radical (unpaired) electrons. The molecular weight excluding hydrogens is 340 g/mol. The highest BCUT2D eigenvalue weighted by Crippen LogP contribution is 2.32. The number of carboxylic acids is 1.